The van der Waals surface area contributed by atoms with Crippen LogP contribution in [0.25, 0.3) is 0 Å². The number of hydrogen-bond donors (Lipinski definition) is 5. The average Bonchev–Trinajstić information content (AvgIpc) is 2.97. The highest BCUT2D eigenvalue weighted by molar-refractivity contribution is 5.83. The molecule has 0 amide bonds. The van der Waals surface area contributed by atoms with E-state index in [2.05, 4.69) is 0 Å². The number of Topliss-reactive ketones (excluding diaryl/α,β-unsaturated/α-hetero) is 1. The molecule has 220 valence electrons. The Morgan fingerprint density at radius 2 is 1.59 bits per heavy atom. The normalized spacial score (nSPS) is 16.1. The van der Waals surface area contributed by atoms with Crippen molar-refractivity contribution in [2.75, 3.05) is 14.2 Å². The third-order valence-corrected chi connectivity index (χ3v) is 8.43. The van der Waals surface area contributed by atoms with E-state index in [-0.39, 0.29) is 47.4 Å². The van der Waals surface area contributed by atoms with Crippen LogP contribution in [-0.2, 0) is 23.1 Å². The number of hydrogen-bond acceptors (Lipinski definition) is 8. The first-order valence-electron chi connectivity index (χ1n) is 14.1. The van der Waals surface area contributed by atoms with Gasteiger partial charge < -0.3 is 35.0 Å². The minimum Gasteiger partial charge on any atom is -0.508 e. The van der Waals surface area contributed by atoms with Gasteiger partial charge in [0.1, 0.15) is 11.5 Å². The standard InChI is InChI=1S/C33H40O8/c1-40-30-17-21(10-12-27(30)36)9-11-26(35)25(16-22-7-6-8-24(34)15-22)29(38)20-33(13-4-3-5-14-33)23-18-28(37)32(39)31(19-23)41-2/h6-8,10,12,15,17-19,25-26,34-37,39H,3-5,9,11,13-14,16,20H2,1-2H3/t25-,26-/m1/s1. The summed E-state index contributed by atoms with van der Waals surface area (Å²) in [5, 5.41) is 52.1. The quantitative estimate of drug-likeness (QED) is 0.181. The Hall–Kier alpha value is -3.91. The second-order valence-electron chi connectivity index (χ2n) is 11.1. The van der Waals surface area contributed by atoms with E-state index in [1.807, 2.05) is 6.07 Å². The molecule has 0 spiro atoms. The summed E-state index contributed by atoms with van der Waals surface area (Å²) in [6, 6.07) is 15.0. The molecule has 3 aromatic carbocycles. The molecule has 8 heteroatoms. The monoisotopic (exact) mass is 564 g/mol. The molecule has 1 saturated carbocycles. The van der Waals surface area contributed by atoms with Gasteiger partial charge in [-0.05, 0) is 85.2 Å². The lowest BCUT2D eigenvalue weighted by atomic mass is 9.65. The number of carbonyl (C=O) groups excluding carboxylic acids is 1. The molecular weight excluding hydrogens is 524 g/mol. The van der Waals surface area contributed by atoms with Crippen LogP contribution in [0, 0.1) is 5.92 Å². The van der Waals surface area contributed by atoms with Crippen LogP contribution in [0.15, 0.2) is 54.6 Å². The van der Waals surface area contributed by atoms with Crippen molar-refractivity contribution in [1.82, 2.24) is 0 Å². The number of carbonyl (C=O) groups is 1. The van der Waals surface area contributed by atoms with Gasteiger partial charge in [0.15, 0.2) is 23.0 Å². The number of phenolic OH excluding ortho intramolecular Hbond substituents is 4. The molecule has 1 fully saturated rings. The van der Waals surface area contributed by atoms with Crippen LogP contribution in [0.2, 0.25) is 0 Å². The molecule has 41 heavy (non-hydrogen) atoms. The maximum absolute atomic E-state index is 14.2. The number of ether oxygens (including phenoxy) is 2. The highest BCUT2D eigenvalue weighted by Gasteiger charge is 2.40. The Morgan fingerprint density at radius 1 is 0.854 bits per heavy atom. The smallest absolute Gasteiger partial charge is 0.200 e. The summed E-state index contributed by atoms with van der Waals surface area (Å²) in [6.07, 6.45) is 4.57. The first-order valence-corrected chi connectivity index (χ1v) is 14.1. The maximum Gasteiger partial charge on any atom is 0.200 e. The predicted molar refractivity (Wildman–Crippen MR) is 155 cm³/mol. The molecule has 5 N–H and O–H groups in total. The Morgan fingerprint density at radius 3 is 2.27 bits per heavy atom. The van der Waals surface area contributed by atoms with Gasteiger partial charge in [-0.25, -0.2) is 0 Å². The van der Waals surface area contributed by atoms with Crippen LogP contribution in [0.5, 0.6) is 34.5 Å². The van der Waals surface area contributed by atoms with Crippen molar-refractivity contribution in [2.24, 2.45) is 5.92 Å². The Kier molecular flexibility index (Phi) is 9.65. The fourth-order valence-electron chi connectivity index (χ4n) is 6.11. The first-order chi connectivity index (χ1) is 19.7. The van der Waals surface area contributed by atoms with Crippen molar-refractivity contribution < 1.29 is 39.8 Å². The molecule has 1 aliphatic rings. The molecule has 0 bridgehead atoms. The van der Waals surface area contributed by atoms with E-state index in [0.29, 0.717) is 18.6 Å². The van der Waals surface area contributed by atoms with Gasteiger partial charge in [-0.15, -0.1) is 0 Å². The molecule has 2 atom stereocenters. The summed E-state index contributed by atoms with van der Waals surface area (Å²) in [5.41, 5.74) is 1.77. The fourth-order valence-corrected chi connectivity index (χ4v) is 6.11. The number of aliphatic hydroxyl groups is 1. The van der Waals surface area contributed by atoms with Gasteiger partial charge in [-0.2, -0.15) is 0 Å². The second-order valence-corrected chi connectivity index (χ2v) is 11.1. The SMILES string of the molecule is COc1cc(CC[C@@H](O)[C@@H](Cc2cccc(O)c2)C(=O)CC2(c3cc(O)c(O)c(OC)c3)CCCCC2)ccc1O. The van der Waals surface area contributed by atoms with E-state index >= 15 is 0 Å². The number of rotatable bonds is 12. The summed E-state index contributed by atoms with van der Waals surface area (Å²) in [5.74, 6) is -0.846. The second kappa shape index (κ2) is 13.2. The Labute approximate surface area is 240 Å². The topological polar surface area (TPSA) is 137 Å². The average molecular weight is 565 g/mol. The van der Waals surface area contributed by atoms with E-state index < -0.39 is 17.4 Å². The fraction of sp³-hybridized carbons (Fsp3) is 0.424. The predicted octanol–water partition coefficient (Wildman–Crippen LogP) is 5.54. The molecule has 0 unspecified atom stereocenters. The van der Waals surface area contributed by atoms with Gasteiger partial charge in [0, 0.05) is 17.8 Å². The van der Waals surface area contributed by atoms with Gasteiger partial charge >= 0.3 is 0 Å². The van der Waals surface area contributed by atoms with Crippen LogP contribution in [0.4, 0.5) is 0 Å². The number of ketones is 1. The van der Waals surface area contributed by atoms with Gasteiger partial charge in [0.25, 0.3) is 0 Å². The number of benzene rings is 3. The number of phenols is 4. The molecule has 4 rings (SSSR count). The van der Waals surface area contributed by atoms with Crippen LogP contribution >= 0.6 is 0 Å². The van der Waals surface area contributed by atoms with Crippen molar-refractivity contribution in [1.29, 1.82) is 0 Å². The molecule has 0 radical (unpaired) electrons. The minimum absolute atomic E-state index is 0.0309. The highest BCUT2D eigenvalue weighted by atomic mass is 16.5. The van der Waals surface area contributed by atoms with Gasteiger partial charge in [0.2, 0.25) is 5.75 Å². The summed E-state index contributed by atoms with van der Waals surface area (Å²) in [4.78, 5) is 14.2. The van der Waals surface area contributed by atoms with E-state index in [0.717, 1.165) is 48.8 Å². The van der Waals surface area contributed by atoms with E-state index in [4.69, 9.17) is 9.47 Å². The number of aromatic hydroxyl groups is 4. The molecule has 0 heterocycles. The van der Waals surface area contributed by atoms with Crippen molar-refractivity contribution in [3.63, 3.8) is 0 Å². The molecule has 1 aliphatic carbocycles. The van der Waals surface area contributed by atoms with Crippen molar-refractivity contribution in [2.45, 2.75) is 69.3 Å². The molecule has 8 nitrogen and oxygen atoms in total. The Bertz CT molecular complexity index is 1350. The lowest BCUT2D eigenvalue weighted by molar-refractivity contribution is -0.128. The lowest BCUT2D eigenvalue weighted by Crippen LogP contribution is -2.38. The van der Waals surface area contributed by atoms with Gasteiger partial charge in [-0.1, -0.05) is 37.5 Å². The number of methoxy groups -OCH3 is 2. The van der Waals surface area contributed by atoms with Crippen LogP contribution < -0.4 is 9.47 Å². The molecular formula is C33H40O8. The third-order valence-electron chi connectivity index (χ3n) is 8.43. The molecule has 0 aromatic heterocycles. The van der Waals surface area contributed by atoms with E-state index in [1.165, 1.54) is 20.3 Å². The third kappa shape index (κ3) is 7.06. The highest BCUT2D eigenvalue weighted by Crippen LogP contribution is 2.48. The van der Waals surface area contributed by atoms with Crippen molar-refractivity contribution >= 4 is 5.78 Å². The zero-order valence-corrected chi connectivity index (χ0v) is 23.7. The van der Waals surface area contributed by atoms with Crippen molar-refractivity contribution in [3.8, 4) is 34.5 Å². The molecule has 3 aromatic rings. The maximum atomic E-state index is 14.2. The summed E-state index contributed by atoms with van der Waals surface area (Å²) >= 11 is 0. The number of aliphatic hydroxyl groups excluding tert-OH is 1. The first kappa shape index (κ1) is 30.1. The van der Waals surface area contributed by atoms with Gasteiger partial charge in [-0.3, -0.25) is 4.79 Å². The van der Waals surface area contributed by atoms with E-state index in [9.17, 15) is 30.3 Å². The summed E-state index contributed by atoms with van der Waals surface area (Å²) in [6.45, 7) is 0. The largest absolute Gasteiger partial charge is 0.508 e. The zero-order valence-electron chi connectivity index (χ0n) is 23.7. The Balaban J connectivity index is 1.63. The van der Waals surface area contributed by atoms with Crippen LogP contribution in [-0.4, -0.2) is 51.6 Å². The van der Waals surface area contributed by atoms with Crippen molar-refractivity contribution in [3.05, 3.63) is 71.3 Å². The number of aryl methyl sites for hydroxylation is 1. The summed E-state index contributed by atoms with van der Waals surface area (Å²) < 4.78 is 10.5. The van der Waals surface area contributed by atoms with E-state index in [1.54, 1.807) is 42.5 Å². The van der Waals surface area contributed by atoms with Crippen LogP contribution in [0.3, 0.4) is 0 Å². The molecule has 0 aliphatic heterocycles. The summed E-state index contributed by atoms with van der Waals surface area (Å²) in [7, 11) is 2.89. The zero-order chi connectivity index (χ0) is 29.6. The van der Waals surface area contributed by atoms with Gasteiger partial charge in [0.05, 0.1) is 20.3 Å². The lowest BCUT2D eigenvalue weighted by Gasteiger charge is -2.39. The minimum atomic E-state index is -0.965. The van der Waals surface area contributed by atoms with Crippen LogP contribution in [0.1, 0.15) is 61.6 Å². The molecule has 0 saturated heterocycles.